The number of aromatic hydroxyl groups is 1. The smallest absolute Gasteiger partial charge is 0.276 e. The number of phenols is 1. The highest BCUT2D eigenvalue weighted by Gasteiger charge is 2.24. The second-order valence-corrected chi connectivity index (χ2v) is 6.53. The highest BCUT2D eigenvalue weighted by Crippen LogP contribution is 2.28. The molecule has 1 aliphatic rings. The van der Waals surface area contributed by atoms with Gasteiger partial charge in [0, 0.05) is 12.1 Å². The van der Waals surface area contributed by atoms with Crippen LogP contribution in [0.5, 0.6) is 5.75 Å². The van der Waals surface area contributed by atoms with Gasteiger partial charge in [0.05, 0.1) is 11.4 Å². The molecule has 0 saturated carbocycles. The van der Waals surface area contributed by atoms with Gasteiger partial charge in [0.15, 0.2) is 0 Å². The molecule has 2 aromatic carbocycles. The Balaban J connectivity index is 1.75. The van der Waals surface area contributed by atoms with Gasteiger partial charge in [0.25, 0.3) is 5.91 Å². The number of carbonyl (C=O) groups excluding carboxylic acids is 1. The summed E-state index contributed by atoms with van der Waals surface area (Å²) in [5, 5.41) is 12.7. The Morgan fingerprint density at radius 3 is 2.58 bits per heavy atom. The number of amides is 1. The van der Waals surface area contributed by atoms with Crippen molar-refractivity contribution in [1.29, 1.82) is 0 Å². The number of nitrogens with zero attached hydrogens (tertiary/aromatic N) is 2. The van der Waals surface area contributed by atoms with Crippen molar-refractivity contribution < 1.29 is 9.90 Å². The number of para-hydroxylation sites is 2. The molecule has 2 heterocycles. The lowest BCUT2D eigenvalue weighted by molar-refractivity contribution is 0.102. The average Bonchev–Trinajstić information content (AvgIpc) is 2.86. The molecule has 0 aliphatic carbocycles. The fraction of sp³-hybridized carbons (Fsp3) is 0.238. The Kier molecular flexibility index (Phi) is 4.44. The minimum atomic E-state index is -0.278. The van der Waals surface area contributed by atoms with E-state index < -0.39 is 0 Å². The van der Waals surface area contributed by atoms with Crippen molar-refractivity contribution in [2.75, 3.05) is 5.32 Å². The van der Waals surface area contributed by atoms with Crippen LogP contribution in [-0.2, 0) is 13.0 Å². The predicted octanol–water partition coefficient (Wildman–Crippen LogP) is 4.23. The van der Waals surface area contributed by atoms with E-state index in [-0.39, 0.29) is 11.7 Å². The van der Waals surface area contributed by atoms with Gasteiger partial charge in [-0.2, -0.15) is 0 Å². The number of nitrogens with one attached hydrogen (secondary N) is 1. The second kappa shape index (κ2) is 7.04. The predicted molar refractivity (Wildman–Crippen MR) is 101 cm³/mol. The van der Waals surface area contributed by atoms with Crippen molar-refractivity contribution in [2.24, 2.45) is 0 Å². The highest BCUT2D eigenvalue weighted by molar-refractivity contribution is 6.05. The van der Waals surface area contributed by atoms with Gasteiger partial charge in [0.1, 0.15) is 17.3 Å². The van der Waals surface area contributed by atoms with Crippen LogP contribution < -0.4 is 5.32 Å². The summed E-state index contributed by atoms with van der Waals surface area (Å²) in [6.07, 6.45) is 4.13. The Bertz CT molecular complexity index is 932. The summed E-state index contributed by atoms with van der Waals surface area (Å²) in [7, 11) is 0. The molecule has 1 aromatic heterocycles. The fourth-order valence-corrected chi connectivity index (χ4v) is 3.47. The third kappa shape index (κ3) is 3.08. The molecular weight excluding hydrogens is 326 g/mol. The van der Waals surface area contributed by atoms with Crippen molar-refractivity contribution in [3.63, 3.8) is 0 Å². The molecule has 0 atom stereocenters. The van der Waals surface area contributed by atoms with Gasteiger partial charge >= 0.3 is 0 Å². The van der Waals surface area contributed by atoms with E-state index in [4.69, 9.17) is 4.98 Å². The second-order valence-electron chi connectivity index (χ2n) is 6.53. The van der Waals surface area contributed by atoms with Gasteiger partial charge in [-0.25, -0.2) is 4.98 Å². The summed E-state index contributed by atoms with van der Waals surface area (Å²) >= 11 is 0. The topological polar surface area (TPSA) is 67.2 Å². The van der Waals surface area contributed by atoms with Crippen LogP contribution in [0.25, 0.3) is 11.4 Å². The van der Waals surface area contributed by atoms with Gasteiger partial charge in [-0.3, -0.25) is 4.79 Å². The van der Waals surface area contributed by atoms with Gasteiger partial charge in [0.2, 0.25) is 0 Å². The normalized spacial score (nSPS) is 13.7. The molecule has 5 nitrogen and oxygen atoms in total. The zero-order chi connectivity index (χ0) is 17.9. The van der Waals surface area contributed by atoms with E-state index >= 15 is 0 Å². The molecule has 0 saturated heterocycles. The number of aromatic nitrogens is 2. The molecule has 0 unspecified atom stereocenters. The van der Waals surface area contributed by atoms with Crippen LogP contribution in [0.2, 0.25) is 0 Å². The van der Waals surface area contributed by atoms with Crippen molar-refractivity contribution >= 4 is 11.6 Å². The van der Waals surface area contributed by atoms with Crippen LogP contribution in [0.1, 0.15) is 35.4 Å². The Labute approximate surface area is 152 Å². The molecule has 4 rings (SSSR count). The van der Waals surface area contributed by atoms with E-state index in [0.29, 0.717) is 11.4 Å². The van der Waals surface area contributed by atoms with E-state index in [1.807, 2.05) is 30.3 Å². The van der Waals surface area contributed by atoms with Gasteiger partial charge in [-0.15, -0.1) is 0 Å². The number of phenolic OH excluding ortho intramolecular Hbond substituents is 1. The number of fused-ring (bicyclic) bond motifs is 1. The van der Waals surface area contributed by atoms with E-state index in [0.717, 1.165) is 49.3 Å². The Morgan fingerprint density at radius 1 is 1.00 bits per heavy atom. The molecule has 2 N–H and O–H groups in total. The Hall–Kier alpha value is -3.08. The molecule has 1 aliphatic heterocycles. The van der Waals surface area contributed by atoms with Gasteiger partial charge < -0.3 is 15.0 Å². The van der Waals surface area contributed by atoms with Crippen LogP contribution in [0.4, 0.5) is 5.69 Å². The summed E-state index contributed by atoms with van der Waals surface area (Å²) in [6.45, 7) is 0.871. The van der Waals surface area contributed by atoms with E-state index in [1.54, 1.807) is 24.3 Å². The standard InChI is InChI=1S/C21H21N3O2/c25-18-13-7-6-11-16(18)22-21(26)19-17-12-5-2-8-14-24(17)20(23-19)15-9-3-1-4-10-15/h1,3-4,6-7,9-11,13,25H,2,5,8,12,14H2,(H,22,26). The lowest BCUT2D eigenvalue weighted by atomic mass is 10.1. The van der Waals surface area contributed by atoms with Crippen LogP contribution in [0.3, 0.4) is 0 Å². The highest BCUT2D eigenvalue weighted by atomic mass is 16.3. The number of imidazole rings is 1. The SMILES string of the molecule is O=C(Nc1ccccc1O)c1nc(-c2ccccc2)n2c1CCCCC2. The molecule has 0 spiro atoms. The zero-order valence-electron chi connectivity index (χ0n) is 14.5. The third-order valence-electron chi connectivity index (χ3n) is 4.77. The van der Waals surface area contributed by atoms with Gasteiger partial charge in [-0.05, 0) is 31.4 Å². The number of anilines is 1. The van der Waals surface area contributed by atoms with E-state index in [9.17, 15) is 9.90 Å². The van der Waals surface area contributed by atoms with Crippen molar-refractivity contribution in [2.45, 2.75) is 32.2 Å². The minimum absolute atomic E-state index is 0.0504. The molecule has 0 bridgehead atoms. The first-order chi connectivity index (χ1) is 12.7. The first-order valence-corrected chi connectivity index (χ1v) is 8.98. The van der Waals surface area contributed by atoms with Crippen molar-refractivity contribution in [1.82, 2.24) is 9.55 Å². The molecule has 3 aromatic rings. The van der Waals surface area contributed by atoms with E-state index in [1.165, 1.54) is 0 Å². The molecule has 5 heteroatoms. The summed E-state index contributed by atoms with van der Waals surface area (Å²) in [6, 6.07) is 16.7. The summed E-state index contributed by atoms with van der Waals surface area (Å²) in [4.78, 5) is 17.6. The maximum absolute atomic E-state index is 12.9. The number of carbonyl (C=O) groups is 1. The van der Waals surface area contributed by atoms with E-state index in [2.05, 4.69) is 9.88 Å². The summed E-state index contributed by atoms with van der Waals surface area (Å²) in [5.41, 5.74) is 2.84. The quantitative estimate of drug-likeness (QED) is 0.697. The molecular formula is C21H21N3O2. The van der Waals surface area contributed by atoms with Gasteiger partial charge in [-0.1, -0.05) is 48.9 Å². The lowest BCUT2D eigenvalue weighted by Crippen LogP contribution is -2.15. The summed E-state index contributed by atoms with van der Waals surface area (Å²) in [5.74, 6) is 0.610. The molecule has 0 radical (unpaired) electrons. The molecule has 0 fully saturated rings. The molecule has 1 amide bonds. The largest absolute Gasteiger partial charge is 0.506 e. The monoisotopic (exact) mass is 347 g/mol. The minimum Gasteiger partial charge on any atom is -0.506 e. The fourth-order valence-electron chi connectivity index (χ4n) is 3.47. The number of hydrogen-bond donors (Lipinski definition) is 2. The van der Waals surface area contributed by atoms with Crippen molar-refractivity contribution in [3.8, 4) is 17.1 Å². The number of hydrogen-bond acceptors (Lipinski definition) is 3. The maximum Gasteiger partial charge on any atom is 0.276 e. The third-order valence-corrected chi connectivity index (χ3v) is 4.77. The van der Waals surface area contributed by atoms with Crippen LogP contribution in [0.15, 0.2) is 54.6 Å². The average molecular weight is 347 g/mol. The van der Waals surface area contributed by atoms with Crippen molar-refractivity contribution in [3.05, 3.63) is 66.0 Å². The zero-order valence-corrected chi connectivity index (χ0v) is 14.5. The van der Waals surface area contributed by atoms with Crippen LogP contribution >= 0.6 is 0 Å². The first-order valence-electron chi connectivity index (χ1n) is 8.98. The number of rotatable bonds is 3. The maximum atomic E-state index is 12.9. The first kappa shape index (κ1) is 16.4. The Morgan fingerprint density at radius 2 is 1.77 bits per heavy atom. The lowest BCUT2D eigenvalue weighted by Gasteiger charge is -2.09. The molecule has 132 valence electrons. The molecule has 26 heavy (non-hydrogen) atoms. The van der Waals surface area contributed by atoms with Crippen LogP contribution in [-0.4, -0.2) is 20.6 Å². The summed E-state index contributed by atoms with van der Waals surface area (Å²) < 4.78 is 2.18. The van der Waals surface area contributed by atoms with Crippen LogP contribution in [0, 0.1) is 0 Å². The number of benzene rings is 2.